The third kappa shape index (κ3) is 6.13. The number of hydrogen-bond donors (Lipinski definition) is 0. The molecule has 2 atom stereocenters. The molecule has 0 radical (unpaired) electrons. The van der Waals surface area contributed by atoms with E-state index in [1.54, 1.807) is 0 Å². The zero-order valence-corrected chi connectivity index (χ0v) is 18.8. The number of halogens is 2. The van der Waals surface area contributed by atoms with Crippen LogP contribution in [0, 0.1) is 17.8 Å². The van der Waals surface area contributed by atoms with Gasteiger partial charge in [0, 0.05) is 24.0 Å². The van der Waals surface area contributed by atoms with Gasteiger partial charge in [0.05, 0.1) is 0 Å². The van der Waals surface area contributed by atoms with Gasteiger partial charge in [-0.2, -0.15) is 0 Å². The van der Waals surface area contributed by atoms with E-state index in [0.717, 1.165) is 43.5 Å². The van der Waals surface area contributed by atoms with Gasteiger partial charge in [-0.1, -0.05) is 72.1 Å². The van der Waals surface area contributed by atoms with Gasteiger partial charge >= 0.3 is 0 Å². The highest BCUT2D eigenvalue weighted by atomic mass is 35.5. The summed E-state index contributed by atoms with van der Waals surface area (Å²) in [6, 6.07) is 25.1. The zero-order valence-electron chi connectivity index (χ0n) is 18.0. The van der Waals surface area contributed by atoms with Gasteiger partial charge in [-0.25, -0.2) is 4.39 Å². The molecule has 0 saturated carbocycles. The lowest BCUT2D eigenvalue weighted by Gasteiger charge is -2.22. The number of benzene rings is 3. The van der Waals surface area contributed by atoms with Crippen LogP contribution in [0.5, 0.6) is 0 Å². The fraction of sp³-hybridized carbons (Fsp3) is 0.286. The molecule has 32 heavy (non-hydrogen) atoms. The second kappa shape index (κ2) is 11.2. The lowest BCUT2D eigenvalue weighted by molar-refractivity contribution is 0.207. The first-order valence-corrected chi connectivity index (χ1v) is 11.5. The maximum Gasteiger partial charge on any atom is 0.161 e. The maximum absolute atomic E-state index is 13.1. The topological polar surface area (TPSA) is 12.5 Å². The van der Waals surface area contributed by atoms with Crippen LogP contribution in [0.1, 0.15) is 42.1 Å². The molecule has 164 valence electrons. The third-order valence-corrected chi connectivity index (χ3v) is 6.21. The Labute approximate surface area is 195 Å². The number of nitrogens with zero attached hydrogens (tertiary/aromatic N) is 1. The molecule has 0 N–H and O–H groups in total. The SMILES string of the molecule is Fc1ccc(CCN2CCC[C@@H]2CC#COC(c2ccccc2)c2ccc(Cl)cc2)cc1. The van der Waals surface area contributed by atoms with E-state index >= 15 is 0 Å². The first kappa shape index (κ1) is 22.4. The van der Waals surface area contributed by atoms with Crippen molar-refractivity contribution in [1.82, 2.24) is 4.90 Å². The number of hydrogen-bond acceptors (Lipinski definition) is 2. The van der Waals surface area contributed by atoms with Crippen LogP contribution in [0.15, 0.2) is 78.9 Å². The third-order valence-electron chi connectivity index (χ3n) is 5.96. The standard InChI is InChI=1S/C28H27ClFNO/c29-25-14-12-24(13-15-25)28(23-6-2-1-3-7-23)32-21-5-9-27-8-4-19-31(27)20-18-22-10-16-26(30)17-11-22/h1-3,6-7,10-17,27-28H,4,8-9,18-20H2/t27-,28?/m1/s1. The first-order valence-electron chi connectivity index (χ1n) is 11.1. The molecule has 0 aromatic heterocycles. The summed E-state index contributed by atoms with van der Waals surface area (Å²) in [5.41, 5.74) is 3.25. The van der Waals surface area contributed by atoms with Crippen LogP contribution in [0.3, 0.4) is 0 Å². The van der Waals surface area contributed by atoms with Gasteiger partial charge in [-0.3, -0.25) is 4.90 Å². The maximum atomic E-state index is 13.1. The van der Waals surface area contributed by atoms with Crippen molar-refractivity contribution in [3.05, 3.63) is 106 Å². The van der Waals surface area contributed by atoms with Crippen LogP contribution in [-0.2, 0) is 11.2 Å². The quantitative estimate of drug-likeness (QED) is 0.376. The monoisotopic (exact) mass is 447 g/mol. The lowest BCUT2D eigenvalue weighted by atomic mass is 10.0. The highest BCUT2D eigenvalue weighted by Crippen LogP contribution is 2.27. The van der Waals surface area contributed by atoms with Crippen molar-refractivity contribution in [1.29, 1.82) is 0 Å². The molecule has 1 aliphatic heterocycles. The van der Waals surface area contributed by atoms with Crippen molar-refractivity contribution in [3.63, 3.8) is 0 Å². The molecule has 4 heteroatoms. The summed E-state index contributed by atoms with van der Waals surface area (Å²) in [7, 11) is 0. The minimum atomic E-state index is -0.251. The molecule has 3 aromatic carbocycles. The van der Waals surface area contributed by atoms with Crippen LogP contribution < -0.4 is 0 Å². The molecule has 1 unspecified atom stereocenters. The molecule has 0 spiro atoms. The van der Waals surface area contributed by atoms with Crippen LogP contribution in [0.2, 0.25) is 5.02 Å². The van der Waals surface area contributed by atoms with Gasteiger partial charge in [-0.15, -0.1) is 0 Å². The Hall–Kier alpha value is -2.80. The summed E-state index contributed by atoms with van der Waals surface area (Å²) >= 11 is 6.06. The summed E-state index contributed by atoms with van der Waals surface area (Å²) in [6.45, 7) is 2.06. The van der Waals surface area contributed by atoms with Gasteiger partial charge in [0.2, 0.25) is 0 Å². The number of likely N-dealkylation sites (tertiary alicyclic amines) is 1. The Morgan fingerprint density at radius 2 is 1.69 bits per heavy atom. The van der Waals surface area contributed by atoms with Crippen molar-refractivity contribution < 1.29 is 9.13 Å². The Balaban J connectivity index is 1.36. The van der Waals surface area contributed by atoms with Crippen LogP contribution in [-0.4, -0.2) is 24.0 Å². The highest BCUT2D eigenvalue weighted by molar-refractivity contribution is 6.30. The molecular weight excluding hydrogens is 421 g/mol. The normalized spacial score (nSPS) is 16.9. The summed E-state index contributed by atoms with van der Waals surface area (Å²) in [5.74, 6) is 3.07. The van der Waals surface area contributed by atoms with Crippen molar-refractivity contribution in [2.45, 2.75) is 37.8 Å². The van der Waals surface area contributed by atoms with E-state index in [1.807, 2.05) is 54.6 Å². The molecule has 0 bridgehead atoms. The van der Waals surface area contributed by atoms with Gasteiger partial charge in [-0.05, 0) is 66.8 Å². The van der Waals surface area contributed by atoms with E-state index in [1.165, 1.54) is 24.1 Å². The Bertz CT molecular complexity index is 1040. The van der Waals surface area contributed by atoms with Gasteiger partial charge in [0.1, 0.15) is 11.9 Å². The summed E-state index contributed by atoms with van der Waals surface area (Å²) < 4.78 is 19.1. The molecule has 1 saturated heterocycles. The van der Waals surface area contributed by atoms with Crippen LogP contribution in [0.4, 0.5) is 4.39 Å². The van der Waals surface area contributed by atoms with E-state index in [4.69, 9.17) is 16.3 Å². The smallest absolute Gasteiger partial charge is 0.161 e. The van der Waals surface area contributed by atoms with Crippen molar-refractivity contribution in [2.24, 2.45) is 0 Å². The average Bonchev–Trinajstić information content (AvgIpc) is 3.27. The second-order valence-electron chi connectivity index (χ2n) is 8.15. The Morgan fingerprint density at radius 3 is 2.44 bits per heavy atom. The summed E-state index contributed by atoms with van der Waals surface area (Å²) in [4.78, 5) is 2.49. The van der Waals surface area contributed by atoms with E-state index in [0.29, 0.717) is 11.1 Å². The second-order valence-corrected chi connectivity index (χ2v) is 8.59. The number of ether oxygens (including phenoxy) is 1. The molecule has 3 aromatic rings. The predicted molar refractivity (Wildman–Crippen MR) is 128 cm³/mol. The molecule has 1 fully saturated rings. The van der Waals surface area contributed by atoms with Crippen molar-refractivity contribution in [2.75, 3.05) is 13.1 Å². The fourth-order valence-electron chi connectivity index (χ4n) is 4.20. The minimum Gasteiger partial charge on any atom is -0.433 e. The largest absolute Gasteiger partial charge is 0.433 e. The molecule has 4 rings (SSSR count). The van der Waals surface area contributed by atoms with Crippen LogP contribution >= 0.6 is 11.6 Å². The van der Waals surface area contributed by atoms with Crippen LogP contribution in [0.25, 0.3) is 0 Å². The van der Waals surface area contributed by atoms with Gasteiger partial charge in [0.15, 0.2) is 6.10 Å². The lowest BCUT2D eigenvalue weighted by Crippen LogP contribution is -2.31. The summed E-state index contributed by atoms with van der Waals surface area (Å²) in [6.07, 6.45) is 6.77. The molecule has 2 nitrogen and oxygen atoms in total. The molecule has 1 aliphatic rings. The highest BCUT2D eigenvalue weighted by Gasteiger charge is 2.23. The summed E-state index contributed by atoms with van der Waals surface area (Å²) in [5, 5.41) is 0.702. The van der Waals surface area contributed by atoms with Gasteiger partial charge in [0.25, 0.3) is 0 Å². The van der Waals surface area contributed by atoms with E-state index in [-0.39, 0.29) is 11.9 Å². The van der Waals surface area contributed by atoms with Gasteiger partial charge < -0.3 is 4.74 Å². The predicted octanol–water partition coefficient (Wildman–Crippen LogP) is 6.64. The fourth-order valence-corrected chi connectivity index (χ4v) is 4.32. The number of rotatable bonds is 7. The molecular formula is C28H27ClFNO. The van der Waals surface area contributed by atoms with E-state index in [2.05, 4.69) is 29.1 Å². The Kier molecular flexibility index (Phi) is 7.82. The Morgan fingerprint density at radius 1 is 0.969 bits per heavy atom. The van der Waals surface area contributed by atoms with Crippen molar-refractivity contribution in [3.8, 4) is 12.0 Å². The average molecular weight is 448 g/mol. The van der Waals surface area contributed by atoms with E-state index < -0.39 is 0 Å². The first-order chi connectivity index (χ1) is 15.7. The molecule has 0 aliphatic carbocycles. The van der Waals surface area contributed by atoms with Crippen molar-refractivity contribution >= 4 is 11.6 Å². The molecule has 0 amide bonds. The zero-order chi connectivity index (χ0) is 22.2. The van der Waals surface area contributed by atoms with E-state index in [9.17, 15) is 4.39 Å². The molecule has 1 heterocycles. The minimum absolute atomic E-state index is 0.185.